The third kappa shape index (κ3) is 2.81. The van der Waals surface area contributed by atoms with Gasteiger partial charge in [0.05, 0.1) is 28.9 Å². The quantitative estimate of drug-likeness (QED) is 0.810. The third-order valence-electron chi connectivity index (χ3n) is 3.46. The highest BCUT2D eigenvalue weighted by molar-refractivity contribution is 5.75. The lowest BCUT2D eigenvalue weighted by molar-refractivity contribution is -0.0751. The molecule has 0 aliphatic carbocycles. The lowest BCUT2D eigenvalue weighted by Crippen LogP contribution is -2.52. The van der Waals surface area contributed by atoms with Crippen LogP contribution in [0.2, 0.25) is 0 Å². The van der Waals surface area contributed by atoms with Crippen LogP contribution in [0, 0.1) is 11.6 Å². The second-order valence-electron chi connectivity index (χ2n) is 6.05. The monoisotopic (exact) mass is 293 g/mol. The van der Waals surface area contributed by atoms with Gasteiger partial charge < -0.3 is 9.64 Å². The smallest absolute Gasteiger partial charge is 0.161 e. The summed E-state index contributed by atoms with van der Waals surface area (Å²) in [5.41, 5.74) is 0.407. The molecule has 0 spiro atoms. The highest BCUT2D eigenvalue weighted by atomic mass is 19.2. The van der Waals surface area contributed by atoms with Gasteiger partial charge in [-0.25, -0.2) is 13.8 Å². The van der Waals surface area contributed by atoms with Gasteiger partial charge in [-0.3, -0.25) is 4.98 Å². The highest BCUT2D eigenvalue weighted by Gasteiger charge is 2.32. The summed E-state index contributed by atoms with van der Waals surface area (Å²) in [5, 5.41) is 0. The van der Waals surface area contributed by atoms with E-state index in [4.69, 9.17) is 4.74 Å². The fourth-order valence-corrected chi connectivity index (χ4v) is 2.78. The molecule has 21 heavy (non-hydrogen) atoms. The van der Waals surface area contributed by atoms with E-state index in [1.54, 1.807) is 6.20 Å². The summed E-state index contributed by atoms with van der Waals surface area (Å²) in [5.74, 6) is -1.17. The number of ether oxygens (including phenoxy) is 1. The molecular formula is C15H17F2N3O. The normalized spacial score (nSPS) is 21.8. The number of aromatic nitrogens is 2. The van der Waals surface area contributed by atoms with Gasteiger partial charge in [-0.2, -0.15) is 0 Å². The third-order valence-corrected chi connectivity index (χ3v) is 3.46. The number of morpholine rings is 1. The van der Waals surface area contributed by atoms with Gasteiger partial charge in [0, 0.05) is 25.2 Å². The first-order chi connectivity index (χ1) is 9.84. The van der Waals surface area contributed by atoms with Crippen LogP contribution in [0.3, 0.4) is 0 Å². The molecule has 0 saturated carbocycles. The molecule has 2 aromatic rings. The summed E-state index contributed by atoms with van der Waals surface area (Å²) in [7, 11) is 0. The lowest BCUT2D eigenvalue weighted by Gasteiger charge is -2.42. The fraction of sp³-hybridized carbons (Fsp3) is 0.467. The number of hydrogen-bond donors (Lipinski definition) is 0. The van der Waals surface area contributed by atoms with E-state index < -0.39 is 11.6 Å². The molecule has 4 nitrogen and oxygen atoms in total. The van der Waals surface area contributed by atoms with E-state index in [1.165, 1.54) is 0 Å². The summed E-state index contributed by atoms with van der Waals surface area (Å²) < 4.78 is 32.4. The Bertz CT molecular complexity index is 690. The molecule has 0 radical (unpaired) electrons. The molecule has 1 aliphatic heterocycles. The molecule has 6 heteroatoms. The van der Waals surface area contributed by atoms with Crippen LogP contribution in [0.15, 0.2) is 18.3 Å². The first-order valence-electron chi connectivity index (χ1n) is 6.89. The molecule has 112 valence electrons. The number of rotatable bonds is 1. The molecule has 0 bridgehead atoms. The van der Waals surface area contributed by atoms with Gasteiger partial charge in [0.1, 0.15) is 5.82 Å². The Labute approximate surface area is 121 Å². The molecule has 1 fully saturated rings. The standard InChI is InChI=1S/C15H17F2N3O/c1-9-7-20(8-15(2,3)21-9)14-6-18-12-4-10(16)11(17)5-13(12)19-14/h4-6,9H,7-8H2,1-3H3. The van der Waals surface area contributed by atoms with Crippen molar-refractivity contribution in [2.75, 3.05) is 18.0 Å². The van der Waals surface area contributed by atoms with E-state index in [0.717, 1.165) is 12.1 Å². The Balaban J connectivity index is 1.99. The fourth-order valence-electron chi connectivity index (χ4n) is 2.78. The Kier molecular flexibility index (Phi) is 3.28. The lowest BCUT2D eigenvalue weighted by atomic mass is 10.1. The SMILES string of the molecule is CC1CN(c2cnc3cc(F)c(F)cc3n2)CC(C)(C)O1. The molecule has 1 aromatic carbocycles. The van der Waals surface area contributed by atoms with Crippen LogP contribution in [0.25, 0.3) is 11.0 Å². The summed E-state index contributed by atoms with van der Waals surface area (Å²) in [6, 6.07) is 2.14. The van der Waals surface area contributed by atoms with Crippen LogP contribution in [-0.2, 0) is 4.74 Å². The molecule has 3 rings (SSSR count). The molecule has 1 aliphatic rings. The first-order valence-corrected chi connectivity index (χ1v) is 6.89. The van der Waals surface area contributed by atoms with E-state index in [-0.39, 0.29) is 11.7 Å². The first kappa shape index (κ1) is 14.1. The van der Waals surface area contributed by atoms with Crippen LogP contribution in [0.1, 0.15) is 20.8 Å². The molecule has 0 N–H and O–H groups in total. The Morgan fingerprint density at radius 3 is 2.57 bits per heavy atom. The van der Waals surface area contributed by atoms with Crippen LogP contribution < -0.4 is 4.90 Å². The molecule has 2 heterocycles. The van der Waals surface area contributed by atoms with Crippen molar-refractivity contribution in [3.05, 3.63) is 30.0 Å². The molecule has 0 amide bonds. The maximum absolute atomic E-state index is 13.3. The van der Waals surface area contributed by atoms with Gasteiger partial charge in [0.2, 0.25) is 0 Å². The minimum atomic E-state index is -0.912. The topological polar surface area (TPSA) is 38.2 Å². The summed E-state index contributed by atoms with van der Waals surface area (Å²) in [6.07, 6.45) is 1.66. The van der Waals surface area contributed by atoms with Gasteiger partial charge >= 0.3 is 0 Å². The Morgan fingerprint density at radius 1 is 1.24 bits per heavy atom. The van der Waals surface area contributed by atoms with Crippen molar-refractivity contribution in [1.29, 1.82) is 0 Å². The predicted molar refractivity (Wildman–Crippen MR) is 76.3 cm³/mol. The minimum Gasteiger partial charge on any atom is -0.369 e. The second-order valence-corrected chi connectivity index (χ2v) is 6.05. The van der Waals surface area contributed by atoms with E-state index in [9.17, 15) is 8.78 Å². The van der Waals surface area contributed by atoms with E-state index in [2.05, 4.69) is 14.9 Å². The minimum absolute atomic E-state index is 0.0659. The van der Waals surface area contributed by atoms with Crippen molar-refractivity contribution in [1.82, 2.24) is 9.97 Å². The zero-order valence-electron chi connectivity index (χ0n) is 12.2. The summed E-state index contributed by atoms with van der Waals surface area (Å²) >= 11 is 0. The largest absolute Gasteiger partial charge is 0.369 e. The molecule has 1 aromatic heterocycles. The molecule has 1 saturated heterocycles. The van der Waals surface area contributed by atoms with Gasteiger partial charge in [-0.15, -0.1) is 0 Å². The maximum atomic E-state index is 13.3. The number of fused-ring (bicyclic) bond motifs is 1. The van der Waals surface area contributed by atoms with Gasteiger partial charge in [0.25, 0.3) is 0 Å². The summed E-state index contributed by atoms with van der Waals surface area (Å²) in [4.78, 5) is 10.6. The van der Waals surface area contributed by atoms with Crippen molar-refractivity contribution in [2.24, 2.45) is 0 Å². The number of halogens is 2. The van der Waals surface area contributed by atoms with Gasteiger partial charge in [-0.1, -0.05) is 0 Å². The second kappa shape index (κ2) is 4.87. The molecule has 1 unspecified atom stereocenters. The Morgan fingerprint density at radius 2 is 1.90 bits per heavy atom. The maximum Gasteiger partial charge on any atom is 0.161 e. The zero-order valence-corrected chi connectivity index (χ0v) is 12.2. The van der Waals surface area contributed by atoms with Crippen molar-refractivity contribution >= 4 is 16.9 Å². The van der Waals surface area contributed by atoms with Gasteiger partial charge in [0.15, 0.2) is 11.6 Å². The average Bonchev–Trinajstić information content (AvgIpc) is 2.37. The Hall–Kier alpha value is -1.82. The average molecular weight is 293 g/mol. The van der Waals surface area contributed by atoms with E-state index >= 15 is 0 Å². The summed E-state index contributed by atoms with van der Waals surface area (Å²) in [6.45, 7) is 7.38. The van der Waals surface area contributed by atoms with E-state index in [1.807, 2.05) is 20.8 Å². The van der Waals surface area contributed by atoms with Gasteiger partial charge in [-0.05, 0) is 20.8 Å². The molecule has 1 atom stereocenters. The number of nitrogens with zero attached hydrogens (tertiary/aromatic N) is 3. The number of hydrogen-bond acceptors (Lipinski definition) is 4. The predicted octanol–water partition coefficient (Wildman–Crippen LogP) is 2.91. The van der Waals surface area contributed by atoms with Crippen molar-refractivity contribution < 1.29 is 13.5 Å². The van der Waals surface area contributed by atoms with Crippen LogP contribution in [0.5, 0.6) is 0 Å². The zero-order chi connectivity index (χ0) is 15.2. The number of benzene rings is 1. The van der Waals surface area contributed by atoms with Crippen LogP contribution in [-0.4, -0.2) is 34.8 Å². The van der Waals surface area contributed by atoms with Crippen LogP contribution >= 0.6 is 0 Å². The van der Waals surface area contributed by atoms with Crippen LogP contribution in [0.4, 0.5) is 14.6 Å². The van der Waals surface area contributed by atoms with E-state index in [0.29, 0.717) is 29.9 Å². The van der Waals surface area contributed by atoms with Crippen molar-refractivity contribution in [2.45, 2.75) is 32.5 Å². The number of anilines is 1. The molecular weight excluding hydrogens is 276 g/mol. The van der Waals surface area contributed by atoms with Crippen molar-refractivity contribution in [3.63, 3.8) is 0 Å². The highest BCUT2D eigenvalue weighted by Crippen LogP contribution is 2.26. The van der Waals surface area contributed by atoms with Crippen molar-refractivity contribution in [3.8, 4) is 0 Å².